The van der Waals surface area contributed by atoms with Crippen molar-refractivity contribution >= 4 is 34.4 Å². The van der Waals surface area contributed by atoms with Crippen molar-refractivity contribution in [2.24, 2.45) is 0 Å². The van der Waals surface area contributed by atoms with Gasteiger partial charge in [-0.1, -0.05) is 29.0 Å². The summed E-state index contributed by atoms with van der Waals surface area (Å²) in [4.78, 5) is 48.2. The number of nitrogens with zero attached hydrogens (tertiary/aromatic N) is 3. The van der Waals surface area contributed by atoms with Gasteiger partial charge in [0.05, 0.1) is 5.39 Å². The minimum atomic E-state index is -0.867. The topological polar surface area (TPSA) is 135 Å². The second-order valence-corrected chi connectivity index (χ2v) is 7.33. The normalized spacial score (nSPS) is 16.1. The Balaban J connectivity index is 1.46. The van der Waals surface area contributed by atoms with Gasteiger partial charge in [-0.05, 0) is 43.2 Å². The van der Waals surface area contributed by atoms with E-state index in [0.717, 1.165) is 15.8 Å². The molecule has 1 atom stereocenters. The van der Waals surface area contributed by atoms with E-state index in [9.17, 15) is 19.2 Å². The smallest absolute Gasteiger partial charge is 0.319 e. The van der Waals surface area contributed by atoms with Gasteiger partial charge < -0.3 is 10.6 Å². The molecule has 10 nitrogen and oxygen atoms in total. The van der Waals surface area contributed by atoms with Gasteiger partial charge in [0, 0.05) is 18.7 Å². The van der Waals surface area contributed by atoms with Gasteiger partial charge in [-0.3, -0.25) is 19.7 Å². The third-order valence-corrected chi connectivity index (χ3v) is 5.02. The number of piperidine rings is 1. The number of benzene rings is 2. The summed E-state index contributed by atoms with van der Waals surface area (Å²) in [6, 6.07) is 11.2. The monoisotopic (exact) mass is 420 g/mol. The van der Waals surface area contributed by atoms with Crippen LogP contribution >= 0.6 is 0 Å². The molecule has 3 aromatic rings. The first-order chi connectivity index (χ1) is 14.9. The Hall–Kier alpha value is -4.08. The van der Waals surface area contributed by atoms with Crippen molar-refractivity contribution in [1.82, 2.24) is 25.6 Å². The zero-order valence-electron chi connectivity index (χ0n) is 16.7. The molecule has 0 aliphatic carbocycles. The number of aromatic nitrogens is 3. The van der Waals surface area contributed by atoms with E-state index in [2.05, 4.69) is 26.3 Å². The second kappa shape index (κ2) is 8.34. The third-order valence-electron chi connectivity index (χ3n) is 5.02. The van der Waals surface area contributed by atoms with Crippen molar-refractivity contribution in [3.8, 4) is 0 Å². The van der Waals surface area contributed by atoms with Crippen LogP contribution in [-0.4, -0.2) is 32.8 Å². The molecule has 1 aromatic heterocycles. The van der Waals surface area contributed by atoms with Gasteiger partial charge in [0.15, 0.2) is 0 Å². The molecular weight excluding hydrogens is 400 g/mol. The minimum Gasteiger partial charge on any atom is -0.334 e. The number of carbonyl (C=O) groups is 3. The van der Waals surface area contributed by atoms with Crippen molar-refractivity contribution in [3.05, 3.63) is 63.9 Å². The lowest BCUT2D eigenvalue weighted by atomic mass is 10.1. The summed E-state index contributed by atoms with van der Waals surface area (Å²) < 4.78 is 1.01. The van der Waals surface area contributed by atoms with Crippen LogP contribution < -0.4 is 21.5 Å². The van der Waals surface area contributed by atoms with E-state index in [1.165, 1.54) is 0 Å². The van der Waals surface area contributed by atoms with Gasteiger partial charge in [-0.15, -0.1) is 5.10 Å². The highest BCUT2D eigenvalue weighted by atomic mass is 16.2. The average molecular weight is 420 g/mol. The highest BCUT2D eigenvalue weighted by Gasteiger charge is 2.30. The van der Waals surface area contributed by atoms with E-state index in [-0.39, 0.29) is 31.3 Å². The first-order valence-electron chi connectivity index (χ1n) is 9.74. The average Bonchev–Trinajstić information content (AvgIpc) is 2.75. The molecule has 31 heavy (non-hydrogen) atoms. The Morgan fingerprint density at radius 1 is 1.16 bits per heavy atom. The standard InChI is InChI=1S/C21H20N6O4/c1-12-2-5-14(6-3-12)23-21(31)22-11-13-4-7-15-16(10-13)25-26-27(20(15)30)17-8-9-18(28)24-19(17)29/h2-7,10,17H,8-9,11H2,1H3,(H2,22,23,31)(H,24,28,29). The summed E-state index contributed by atoms with van der Waals surface area (Å²) in [5.74, 6) is -0.931. The lowest BCUT2D eigenvalue weighted by Gasteiger charge is -2.21. The molecule has 158 valence electrons. The van der Waals surface area contributed by atoms with Gasteiger partial charge in [0.2, 0.25) is 5.91 Å². The minimum absolute atomic E-state index is 0.137. The number of hydrogen-bond donors (Lipinski definition) is 3. The molecule has 1 aliphatic heterocycles. The van der Waals surface area contributed by atoms with Crippen molar-refractivity contribution in [2.75, 3.05) is 5.32 Å². The highest BCUT2D eigenvalue weighted by Crippen LogP contribution is 2.17. The Labute approximate surface area is 176 Å². The van der Waals surface area contributed by atoms with E-state index < -0.39 is 17.5 Å². The van der Waals surface area contributed by atoms with Crippen LogP contribution in [0.2, 0.25) is 0 Å². The van der Waals surface area contributed by atoms with Crippen molar-refractivity contribution < 1.29 is 14.4 Å². The second-order valence-electron chi connectivity index (χ2n) is 7.33. The molecular formula is C21H20N6O4. The molecule has 4 amide bonds. The summed E-state index contributed by atoms with van der Waals surface area (Å²) >= 11 is 0. The number of imide groups is 1. The predicted molar refractivity (Wildman–Crippen MR) is 112 cm³/mol. The molecule has 1 fully saturated rings. The van der Waals surface area contributed by atoms with Crippen LogP contribution in [0.3, 0.4) is 0 Å². The summed E-state index contributed by atoms with van der Waals surface area (Å²) in [7, 11) is 0. The number of aryl methyl sites for hydroxylation is 1. The summed E-state index contributed by atoms with van der Waals surface area (Å²) in [5, 5.41) is 15.9. The molecule has 4 rings (SSSR count). The zero-order chi connectivity index (χ0) is 22.0. The molecule has 0 spiro atoms. The summed E-state index contributed by atoms with van der Waals surface area (Å²) in [6.45, 7) is 2.19. The molecule has 10 heteroatoms. The fraction of sp³-hybridized carbons (Fsp3) is 0.238. The van der Waals surface area contributed by atoms with Crippen LogP contribution in [0.5, 0.6) is 0 Å². The SMILES string of the molecule is Cc1ccc(NC(=O)NCc2ccc3c(=O)n(C4CCC(=O)NC4=O)nnc3c2)cc1. The maximum atomic E-state index is 12.8. The van der Waals surface area contributed by atoms with Crippen LogP contribution in [0.4, 0.5) is 10.5 Å². The van der Waals surface area contributed by atoms with E-state index >= 15 is 0 Å². The number of amides is 4. The van der Waals surface area contributed by atoms with Crippen LogP contribution in [0.15, 0.2) is 47.3 Å². The number of rotatable bonds is 4. The fourth-order valence-corrected chi connectivity index (χ4v) is 3.33. The van der Waals surface area contributed by atoms with Crippen molar-refractivity contribution in [2.45, 2.75) is 32.4 Å². The first kappa shape index (κ1) is 20.2. The lowest BCUT2D eigenvalue weighted by Crippen LogP contribution is -2.45. The number of fused-ring (bicyclic) bond motifs is 1. The number of urea groups is 1. The van der Waals surface area contributed by atoms with Gasteiger partial charge in [0.1, 0.15) is 11.6 Å². The van der Waals surface area contributed by atoms with Gasteiger partial charge >= 0.3 is 6.03 Å². The fourth-order valence-electron chi connectivity index (χ4n) is 3.33. The summed E-state index contributed by atoms with van der Waals surface area (Å²) in [6.07, 6.45) is 0.334. The molecule has 2 heterocycles. The molecule has 1 unspecified atom stereocenters. The number of hydrogen-bond acceptors (Lipinski definition) is 6. The molecule has 1 aliphatic rings. The molecule has 3 N–H and O–H groups in total. The number of anilines is 1. The Morgan fingerprint density at radius 2 is 1.94 bits per heavy atom. The Kier molecular flexibility index (Phi) is 5.44. The third kappa shape index (κ3) is 4.42. The van der Waals surface area contributed by atoms with E-state index in [4.69, 9.17) is 0 Å². The largest absolute Gasteiger partial charge is 0.334 e. The number of nitrogens with one attached hydrogen (secondary N) is 3. The van der Waals surface area contributed by atoms with Crippen LogP contribution in [0, 0.1) is 6.92 Å². The maximum absolute atomic E-state index is 12.8. The predicted octanol–water partition coefficient (Wildman–Crippen LogP) is 1.40. The number of carbonyl (C=O) groups excluding carboxylic acids is 3. The zero-order valence-corrected chi connectivity index (χ0v) is 16.7. The van der Waals surface area contributed by atoms with E-state index in [1.807, 2.05) is 31.2 Å². The van der Waals surface area contributed by atoms with Crippen LogP contribution in [0.25, 0.3) is 10.9 Å². The first-order valence-corrected chi connectivity index (χ1v) is 9.74. The van der Waals surface area contributed by atoms with Crippen molar-refractivity contribution in [1.29, 1.82) is 0 Å². The highest BCUT2D eigenvalue weighted by molar-refractivity contribution is 5.99. The molecule has 2 aromatic carbocycles. The van der Waals surface area contributed by atoms with Crippen molar-refractivity contribution in [3.63, 3.8) is 0 Å². The molecule has 0 radical (unpaired) electrons. The van der Waals surface area contributed by atoms with Crippen LogP contribution in [-0.2, 0) is 16.1 Å². The van der Waals surface area contributed by atoms with Gasteiger partial charge in [-0.2, -0.15) is 4.68 Å². The molecule has 1 saturated heterocycles. The van der Waals surface area contributed by atoms with Gasteiger partial charge in [0.25, 0.3) is 11.5 Å². The van der Waals surface area contributed by atoms with Crippen LogP contribution in [0.1, 0.15) is 30.0 Å². The van der Waals surface area contributed by atoms with E-state index in [0.29, 0.717) is 16.6 Å². The molecule has 0 saturated carbocycles. The summed E-state index contributed by atoms with van der Waals surface area (Å²) in [5.41, 5.74) is 2.41. The Bertz CT molecular complexity index is 1230. The molecule has 0 bridgehead atoms. The Morgan fingerprint density at radius 3 is 2.68 bits per heavy atom. The lowest BCUT2D eigenvalue weighted by molar-refractivity contribution is -0.136. The van der Waals surface area contributed by atoms with E-state index in [1.54, 1.807) is 18.2 Å². The maximum Gasteiger partial charge on any atom is 0.319 e. The van der Waals surface area contributed by atoms with Gasteiger partial charge in [-0.25, -0.2) is 4.79 Å². The quantitative estimate of drug-likeness (QED) is 0.546.